The van der Waals surface area contributed by atoms with E-state index in [0.29, 0.717) is 0 Å². The van der Waals surface area contributed by atoms with Gasteiger partial charge in [0.05, 0.1) is 11.3 Å². The Morgan fingerprint density at radius 1 is 1.29 bits per heavy atom. The maximum Gasteiger partial charge on any atom is 0.141 e. The number of aliphatic imine (C=N–C) groups is 1. The normalized spacial score (nSPS) is 20.4. The van der Waals surface area contributed by atoms with E-state index in [-0.39, 0.29) is 10.9 Å². The molecule has 106 valence electrons. The average Bonchev–Trinajstić information content (AvgIpc) is 2.95. The third kappa shape index (κ3) is 2.04. The molecule has 21 heavy (non-hydrogen) atoms. The summed E-state index contributed by atoms with van der Waals surface area (Å²) in [6.45, 7) is 0. The largest absolute Gasteiger partial charge is 0.470 e. The molecule has 2 heterocycles. The monoisotopic (exact) mass is 301 g/mol. The molecule has 1 atom stereocenters. The molecule has 1 aliphatic carbocycles. The van der Waals surface area contributed by atoms with Gasteiger partial charge >= 0.3 is 0 Å². The van der Waals surface area contributed by atoms with Crippen molar-refractivity contribution in [1.29, 1.82) is 0 Å². The van der Waals surface area contributed by atoms with Crippen molar-refractivity contribution in [3.63, 3.8) is 0 Å². The summed E-state index contributed by atoms with van der Waals surface area (Å²) in [5, 5.41) is 0.151. The van der Waals surface area contributed by atoms with Gasteiger partial charge in [-0.25, -0.2) is 9.38 Å². The molecular formula is C17H13ClFNO. The van der Waals surface area contributed by atoms with Gasteiger partial charge in [-0.1, -0.05) is 23.7 Å². The van der Waals surface area contributed by atoms with Gasteiger partial charge in [0.15, 0.2) is 0 Å². The molecule has 4 heteroatoms. The number of halogens is 2. The van der Waals surface area contributed by atoms with Gasteiger partial charge in [0, 0.05) is 17.2 Å². The van der Waals surface area contributed by atoms with Crippen molar-refractivity contribution in [2.24, 2.45) is 4.99 Å². The lowest BCUT2D eigenvalue weighted by Gasteiger charge is -2.28. The summed E-state index contributed by atoms with van der Waals surface area (Å²) >= 11 is 5.96. The van der Waals surface area contributed by atoms with Gasteiger partial charge in [-0.05, 0) is 42.5 Å². The Morgan fingerprint density at radius 3 is 3.05 bits per heavy atom. The van der Waals surface area contributed by atoms with Crippen molar-refractivity contribution in [2.45, 2.75) is 25.2 Å². The van der Waals surface area contributed by atoms with E-state index in [0.717, 1.165) is 41.8 Å². The molecule has 0 spiro atoms. The highest BCUT2D eigenvalue weighted by Gasteiger charge is 2.31. The lowest BCUT2D eigenvalue weighted by molar-refractivity contribution is 0.564. The Bertz CT molecular complexity index is 775. The molecular weight excluding hydrogens is 289 g/mol. The van der Waals surface area contributed by atoms with Crippen LogP contribution in [0.2, 0.25) is 5.02 Å². The van der Waals surface area contributed by atoms with Gasteiger partial charge in [-0.15, -0.1) is 0 Å². The summed E-state index contributed by atoms with van der Waals surface area (Å²) in [6.07, 6.45) is 8.78. The van der Waals surface area contributed by atoms with Gasteiger partial charge in [0.25, 0.3) is 0 Å². The van der Waals surface area contributed by atoms with E-state index in [2.05, 4.69) is 6.08 Å². The van der Waals surface area contributed by atoms with Crippen molar-refractivity contribution in [3.8, 4) is 0 Å². The first kappa shape index (κ1) is 12.8. The average molecular weight is 302 g/mol. The first-order chi connectivity index (χ1) is 10.2. The molecule has 0 amide bonds. The van der Waals surface area contributed by atoms with Crippen LogP contribution in [0.1, 0.15) is 36.3 Å². The predicted molar refractivity (Wildman–Crippen MR) is 81.0 cm³/mol. The maximum absolute atomic E-state index is 13.4. The Balaban J connectivity index is 1.91. The Hall–Kier alpha value is -1.87. The topological polar surface area (TPSA) is 25.5 Å². The quantitative estimate of drug-likeness (QED) is 0.692. The summed E-state index contributed by atoms with van der Waals surface area (Å²) in [6, 6.07) is 4.92. The van der Waals surface area contributed by atoms with Crippen LogP contribution in [0.25, 0.3) is 0 Å². The van der Waals surface area contributed by atoms with E-state index in [1.807, 2.05) is 0 Å². The van der Waals surface area contributed by atoms with Crippen LogP contribution < -0.4 is 0 Å². The van der Waals surface area contributed by atoms with Crippen molar-refractivity contribution >= 4 is 23.0 Å². The number of nitrogens with zero attached hydrogens (tertiary/aromatic N) is 1. The standard InChI is InChI=1S/C17H13ClFNO/c18-13-7-10(5-6-14(13)19)17-11-3-1-2-4-15(11)20-16-9-21-8-12(16)17/h3,5-9,17H,1-2,4H2/t17-/m1/s1. The second kappa shape index (κ2) is 4.85. The van der Waals surface area contributed by atoms with Gasteiger partial charge in [-0.3, -0.25) is 0 Å². The van der Waals surface area contributed by atoms with Crippen LogP contribution in [-0.2, 0) is 0 Å². The minimum absolute atomic E-state index is 0.0321. The van der Waals surface area contributed by atoms with Crippen molar-refractivity contribution in [2.75, 3.05) is 0 Å². The minimum atomic E-state index is -0.393. The van der Waals surface area contributed by atoms with Crippen LogP contribution in [0.15, 0.2) is 51.8 Å². The number of benzene rings is 1. The van der Waals surface area contributed by atoms with E-state index in [1.54, 1.807) is 24.7 Å². The Kier molecular flexibility index (Phi) is 2.96. The lowest BCUT2D eigenvalue weighted by atomic mass is 9.78. The molecule has 0 radical (unpaired) electrons. The third-order valence-corrected chi connectivity index (χ3v) is 4.43. The first-order valence-corrected chi connectivity index (χ1v) is 7.41. The number of hydrogen-bond acceptors (Lipinski definition) is 2. The van der Waals surface area contributed by atoms with E-state index in [1.165, 1.54) is 11.6 Å². The molecule has 0 bridgehead atoms. The second-order valence-corrected chi connectivity index (χ2v) is 5.84. The zero-order chi connectivity index (χ0) is 14.4. The molecule has 1 aromatic carbocycles. The fourth-order valence-corrected chi connectivity index (χ4v) is 3.35. The SMILES string of the molecule is Fc1ccc([C@@H]2C3=CCCCC3=Nc3cocc32)cc1Cl. The number of allylic oxidation sites excluding steroid dienone is 2. The predicted octanol–water partition coefficient (Wildman–Crippen LogP) is 5.40. The highest BCUT2D eigenvalue weighted by Crippen LogP contribution is 2.45. The molecule has 4 rings (SSSR count). The fraction of sp³-hybridized carbons (Fsp3) is 0.235. The van der Waals surface area contributed by atoms with Crippen LogP contribution in [0.3, 0.4) is 0 Å². The zero-order valence-electron chi connectivity index (χ0n) is 11.3. The highest BCUT2D eigenvalue weighted by atomic mass is 35.5. The van der Waals surface area contributed by atoms with Gasteiger partial charge < -0.3 is 4.42 Å². The molecule has 0 unspecified atom stereocenters. The van der Waals surface area contributed by atoms with Crippen molar-refractivity contribution in [1.82, 2.24) is 0 Å². The minimum Gasteiger partial charge on any atom is -0.470 e. The fourth-order valence-electron chi connectivity index (χ4n) is 3.17. The number of hydrogen-bond donors (Lipinski definition) is 0. The number of furan rings is 1. The van der Waals surface area contributed by atoms with E-state index in [4.69, 9.17) is 21.0 Å². The van der Waals surface area contributed by atoms with Crippen molar-refractivity contribution in [3.05, 3.63) is 64.3 Å². The molecule has 0 saturated heterocycles. The van der Waals surface area contributed by atoms with Crippen LogP contribution in [-0.4, -0.2) is 5.71 Å². The van der Waals surface area contributed by atoms with Crippen LogP contribution in [0, 0.1) is 5.82 Å². The zero-order valence-corrected chi connectivity index (χ0v) is 12.0. The van der Waals surface area contributed by atoms with Crippen LogP contribution in [0.5, 0.6) is 0 Å². The summed E-state index contributed by atoms with van der Waals surface area (Å²) < 4.78 is 18.8. The van der Waals surface area contributed by atoms with E-state index >= 15 is 0 Å². The van der Waals surface area contributed by atoms with Crippen LogP contribution >= 0.6 is 11.6 Å². The summed E-state index contributed by atoms with van der Waals surface area (Å²) in [5.41, 5.74) is 5.19. The van der Waals surface area contributed by atoms with Gasteiger partial charge in [-0.2, -0.15) is 0 Å². The number of rotatable bonds is 1. The molecule has 2 aromatic rings. The van der Waals surface area contributed by atoms with Crippen LogP contribution in [0.4, 0.5) is 10.1 Å². The summed E-state index contributed by atoms with van der Waals surface area (Å²) in [7, 11) is 0. The number of fused-ring (bicyclic) bond motifs is 2. The molecule has 0 fully saturated rings. The second-order valence-electron chi connectivity index (χ2n) is 5.43. The van der Waals surface area contributed by atoms with Gasteiger partial charge in [0.1, 0.15) is 17.8 Å². The molecule has 1 aromatic heterocycles. The molecule has 0 saturated carbocycles. The molecule has 1 aliphatic heterocycles. The smallest absolute Gasteiger partial charge is 0.141 e. The highest BCUT2D eigenvalue weighted by molar-refractivity contribution is 6.30. The summed E-state index contributed by atoms with van der Waals surface area (Å²) in [5.74, 6) is -0.361. The van der Waals surface area contributed by atoms with E-state index in [9.17, 15) is 4.39 Å². The van der Waals surface area contributed by atoms with Crippen molar-refractivity contribution < 1.29 is 8.81 Å². The maximum atomic E-state index is 13.4. The molecule has 0 N–H and O–H groups in total. The lowest BCUT2D eigenvalue weighted by Crippen LogP contribution is -2.19. The van der Waals surface area contributed by atoms with Gasteiger partial charge in [0.2, 0.25) is 0 Å². The molecule has 2 nitrogen and oxygen atoms in total. The van der Waals surface area contributed by atoms with E-state index < -0.39 is 5.82 Å². The summed E-state index contributed by atoms with van der Waals surface area (Å²) in [4.78, 5) is 4.69. The third-order valence-electron chi connectivity index (χ3n) is 4.14. The Morgan fingerprint density at radius 2 is 2.19 bits per heavy atom. The molecule has 2 aliphatic rings. The first-order valence-electron chi connectivity index (χ1n) is 7.03. The Labute approximate surface area is 127 Å².